The van der Waals surface area contributed by atoms with Crippen molar-refractivity contribution in [3.8, 4) is 16.9 Å². The van der Waals surface area contributed by atoms with Gasteiger partial charge in [-0.1, -0.05) is 30.3 Å². The summed E-state index contributed by atoms with van der Waals surface area (Å²) in [5.74, 6) is -1.00. The van der Waals surface area contributed by atoms with Crippen LogP contribution in [0.5, 0.6) is 5.75 Å². The summed E-state index contributed by atoms with van der Waals surface area (Å²) in [4.78, 5) is 30.5. The van der Waals surface area contributed by atoms with Crippen LogP contribution in [0.25, 0.3) is 16.8 Å². The van der Waals surface area contributed by atoms with Crippen molar-refractivity contribution in [1.29, 1.82) is 0 Å². The van der Waals surface area contributed by atoms with Gasteiger partial charge in [0.25, 0.3) is 11.5 Å². The molecule has 8 heteroatoms. The predicted octanol–water partition coefficient (Wildman–Crippen LogP) is 3.71. The molecule has 7 nitrogen and oxygen atoms in total. The first-order valence-corrected chi connectivity index (χ1v) is 9.22. The normalized spacial score (nSPS) is 10.9. The van der Waals surface area contributed by atoms with Gasteiger partial charge >= 0.3 is 0 Å². The van der Waals surface area contributed by atoms with E-state index in [0.717, 1.165) is 22.9 Å². The minimum atomic E-state index is -0.680. The number of hydrogen-bond donors (Lipinski definition) is 2. The SMILES string of the molecule is COc1cc(F)cc(NC(=O)c2c(C)nc3c(-c4ccccc4)c(C)[nH]n3c2=O)c1. The molecule has 0 unspecified atom stereocenters. The van der Waals surface area contributed by atoms with Gasteiger partial charge in [0.15, 0.2) is 5.65 Å². The summed E-state index contributed by atoms with van der Waals surface area (Å²) in [6.45, 7) is 3.43. The van der Waals surface area contributed by atoms with E-state index in [0.29, 0.717) is 5.65 Å². The lowest BCUT2D eigenvalue weighted by molar-refractivity contribution is 0.102. The molecule has 2 N–H and O–H groups in total. The van der Waals surface area contributed by atoms with Crippen molar-refractivity contribution in [3.63, 3.8) is 0 Å². The van der Waals surface area contributed by atoms with Crippen molar-refractivity contribution in [2.24, 2.45) is 0 Å². The van der Waals surface area contributed by atoms with Crippen LogP contribution >= 0.6 is 0 Å². The molecule has 4 aromatic rings. The molecule has 2 aromatic carbocycles. The Labute approximate surface area is 171 Å². The zero-order valence-electron chi connectivity index (χ0n) is 16.6. The Morgan fingerprint density at radius 2 is 1.90 bits per heavy atom. The molecule has 0 saturated heterocycles. The van der Waals surface area contributed by atoms with Gasteiger partial charge < -0.3 is 10.1 Å². The molecule has 0 bridgehead atoms. The summed E-state index contributed by atoms with van der Waals surface area (Å²) >= 11 is 0. The fraction of sp³-hybridized carbons (Fsp3) is 0.136. The van der Waals surface area contributed by atoms with Crippen molar-refractivity contribution < 1.29 is 13.9 Å². The number of amides is 1. The number of methoxy groups -OCH3 is 1. The lowest BCUT2D eigenvalue weighted by Gasteiger charge is -2.09. The van der Waals surface area contributed by atoms with Gasteiger partial charge in [0.05, 0.1) is 12.8 Å². The van der Waals surface area contributed by atoms with E-state index in [1.54, 1.807) is 6.92 Å². The molecule has 0 aliphatic carbocycles. The van der Waals surface area contributed by atoms with Gasteiger partial charge in [0.2, 0.25) is 0 Å². The monoisotopic (exact) mass is 406 g/mol. The van der Waals surface area contributed by atoms with Crippen molar-refractivity contribution in [3.05, 3.63) is 81.7 Å². The number of anilines is 1. The van der Waals surface area contributed by atoms with Crippen LogP contribution in [0.15, 0.2) is 53.3 Å². The van der Waals surface area contributed by atoms with Gasteiger partial charge in [-0.05, 0) is 25.5 Å². The van der Waals surface area contributed by atoms with Crippen LogP contribution < -0.4 is 15.6 Å². The summed E-state index contributed by atoms with van der Waals surface area (Å²) in [5, 5.41) is 5.54. The number of nitrogens with zero attached hydrogens (tertiary/aromatic N) is 2. The second-order valence-electron chi connectivity index (χ2n) is 6.85. The third-order valence-electron chi connectivity index (χ3n) is 4.80. The van der Waals surface area contributed by atoms with E-state index < -0.39 is 17.3 Å². The third-order valence-corrected chi connectivity index (χ3v) is 4.80. The number of rotatable bonds is 4. The van der Waals surface area contributed by atoms with E-state index >= 15 is 0 Å². The molecule has 1 amide bonds. The van der Waals surface area contributed by atoms with Crippen LogP contribution in [0.2, 0.25) is 0 Å². The maximum Gasteiger partial charge on any atom is 0.285 e. The minimum absolute atomic E-state index is 0.128. The summed E-state index contributed by atoms with van der Waals surface area (Å²) < 4.78 is 20.0. The van der Waals surface area contributed by atoms with E-state index in [1.165, 1.54) is 23.8 Å². The largest absolute Gasteiger partial charge is 0.497 e. The van der Waals surface area contributed by atoms with Crippen molar-refractivity contribution in [1.82, 2.24) is 14.6 Å². The van der Waals surface area contributed by atoms with Crippen LogP contribution in [0.3, 0.4) is 0 Å². The van der Waals surface area contributed by atoms with E-state index in [9.17, 15) is 14.0 Å². The number of carbonyl (C=O) groups is 1. The Hall–Kier alpha value is -3.94. The number of aromatic amines is 1. The van der Waals surface area contributed by atoms with Crippen molar-refractivity contribution in [2.75, 3.05) is 12.4 Å². The zero-order chi connectivity index (χ0) is 21.4. The Morgan fingerprint density at radius 1 is 1.17 bits per heavy atom. The molecule has 30 heavy (non-hydrogen) atoms. The summed E-state index contributed by atoms with van der Waals surface area (Å²) in [6.07, 6.45) is 0. The lowest BCUT2D eigenvalue weighted by atomic mass is 10.1. The van der Waals surface area contributed by atoms with Gasteiger partial charge in [-0.3, -0.25) is 14.7 Å². The van der Waals surface area contributed by atoms with Crippen LogP contribution in [0.1, 0.15) is 21.7 Å². The number of aromatic nitrogens is 3. The number of hydrogen-bond acceptors (Lipinski definition) is 4. The number of H-pyrrole nitrogens is 1. The van der Waals surface area contributed by atoms with Crippen molar-refractivity contribution >= 4 is 17.2 Å². The molecule has 0 spiro atoms. The van der Waals surface area contributed by atoms with E-state index in [4.69, 9.17) is 4.74 Å². The zero-order valence-corrected chi connectivity index (χ0v) is 16.6. The molecule has 0 aliphatic heterocycles. The maximum atomic E-state index is 13.7. The minimum Gasteiger partial charge on any atom is -0.497 e. The number of nitrogens with one attached hydrogen (secondary N) is 2. The number of benzene rings is 2. The Kier molecular flexibility index (Phi) is 4.83. The second-order valence-corrected chi connectivity index (χ2v) is 6.85. The highest BCUT2D eigenvalue weighted by atomic mass is 19.1. The standard InChI is InChI=1S/C22H19FN4O3/c1-12-19(21(28)25-16-9-15(23)10-17(11-16)30-3)22(29)27-20(24-12)18(13(2)26-27)14-7-5-4-6-8-14/h4-11,26H,1-3H3,(H,25,28). The van der Waals surface area contributed by atoms with E-state index in [2.05, 4.69) is 15.4 Å². The van der Waals surface area contributed by atoms with Crippen LogP contribution in [-0.4, -0.2) is 27.6 Å². The molecule has 0 fully saturated rings. The molecular weight excluding hydrogens is 387 g/mol. The van der Waals surface area contributed by atoms with Crippen LogP contribution in [0, 0.1) is 19.7 Å². The number of halogens is 1. The van der Waals surface area contributed by atoms with E-state index in [-0.39, 0.29) is 22.7 Å². The first-order chi connectivity index (χ1) is 14.4. The Balaban J connectivity index is 1.80. The molecule has 2 heterocycles. The maximum absolute atomic E-state index is 13.7. The van der Waals surface area contributed by atoms with Gasteiger partial charge in [0.1, 0.15) is 17.1 Å². The first-order valence-electron chi connectivity index (χ1n) is 9.22. The lowest BCUT2D eigenvalue weighted by Crippen LogP contribution is -2.29. The highest BCUT2D eigenvalue weighted by molar-refractivity contribution is 6.05. The first kappa shape index (κ1) is 19.4. The van der Waals surface area contributed by atoms with Crippen LogP contribution in [-0.2, 0) is 0 Å². The van der Waals surface area contributed by atoms with Gasteiger partial charge in [-0.25, -0.2) is 13.9 Å². The molecule has 0 atom stereocenters. The molecular formula is C22H19FN4O3. The topological polar surface area (TPSA) is 88.5 Å². The second kappa shape index (κ2) is 7.47. The number of aryl methyl sites for hydroxylation is 2. The van der Waals surface area contributed by atoms with Gasteiger partial charge in [0, 0.05) is 29.1 Å². The molecule has 2 aromatic heterocycles. The van der Waals surface area contributed by atoms with Crippen molar-refractivity contribution in [2.45, 2.75) is 13.8 Å². The highest BCUT2D eigenvalue weighted by Gasteiger charge is 2.22. The van der Waals surface area contributed by atoms with Crippen LogP contribution in [0.4, 0.5) is 10.1 Å². The average molecular weight is 406 g/mol. The Morgan fingerprint density at radius 3 is 2.60 bits per heavy atom. The van der Waals surface area contributed by atoms with E-state index in [1.807, 2.05) is 37.3 Å². The molecule has 152 valence electrons. The number of fused-ring (bicyclic) bond motifs is 1. The fourth-order valence-electron chi connectivity index (χ4n) is 3.45. The highest BCUT2D eigenvalue weighted by Crippen LogP contribution is 2.27. The summed E-state index contributed by atoms with van der Waals surface area (Å²) in [5.41, 5.74) is 2.66. The summed E-state index contributed by atoms with van der Waals surface area (Å²) in [7, 11) is 1.40. The third kappa shape index (κ3) is 3.32. The molecule has 4 rings (SSSR count). The smallest absolute Gasteiger partial charge is 0.285 e. The quantitative estimate of drug-likeness (QED) is 0.541. The van der Waals surface area contributed by atoms with Gasteiger partial charge in [-0.15, -0.1) is 0 Å². The Bertz CT molecular complexity index is 1330. The molecule has 0 aliphatic rings. The number of ether oxygens (including phenoxy) is 1. The van der Waals surface area contributed by atoms with Gasteiger partial charge in [-0.2, -0.15) is 0 Å². The molecule has 0 saturated carbocycles. The predicted molar refractivity (Wildman–Crippen MR) is 112 cm³/mol. The average Bonchev–Trinajstić information content (AvgIpc) is 3.04. The number of carbonyl (C=O) groups excluding carboxylic acids is 1. The molecule has 0 radical (unpaired) electrons. The summed E-state index contributed by atoms with van der Waals surface area (Å²) in [6, 6.07) is 13.4. The fourth-order valence-corrected chi connectivity index (χ4v) is 3.45.